The average molecular weight is 382 g/mol. The zero-order valence-corrected chi connectivity index (χ0v) is 14.2. The van der Waals surface area contributed by atoms with Crippen molar-refractivity contribution in [1.82, 2.24) is 5.43 Å². The van der Waals surface area contributed by atoms with Gasteiger partial charge in [-0.3, -0.25) is 4.79 Å². The fraction of sp³-hybridized carbons (Fsp3) is 0.125. The molecule has 2 aromatic carbocycles. The van der Waals surface area contributed by atoms with Gasteiger partial charge in [-0.15, -0.1) is 0 Å². The first-order chi connectivity index (χ1) is 10.5. The third-order valence-electron chi connectivity index (χ3n) is 2.79. The van der Waals surface area contributed by atoms with Crippen LogP contribution in [0.15, 0.2) is 58.1 Å². The van der Waals surface area contributed by atoms with Gasteiger partial charge < -0.3 is 4.74 Å². The van der Waals surface area contributed by atoms with Crippen LogP contribution in [0.2, 0.25) is 5.02 Å². The van der Waals surface area contributed by atoms with Crippen molar-refractivity contribution in [2.45, 2.75) is 6.92 Å². The lowest BCUT2D eigenvalue weighted by Crippen LogP contribution is -2.25. The van der Waals surface area contributed by atoms with E-state index in [1.807, 2.05) is 31.2 Å². The second kappa shape index (κ2) is 7.96. The monoisotopic (exact) mass is 380 g/mol. The largest absolute Gasteiger partial charge is 0.484 e. The summed E-state index contributed by atoms with van der Waals surface area (Å²) in [6, 6.07) is 14.5. The van der Waals surface area contributed by atoms with Crippen LogP contribution in [0.5, 0.6) is 5.75 Å². The molecule has 0 saturated carbocycles. The second-order valence-electron chi connectivity index (χ2n) is 4.48. The van der Waals surface area contributed by atoms with Crippen LogP contribution >= 0.6 is 27.5 Å². The molecule has 6 heteroatoms. The lowest BCUT2D eigenvalue weighted by molar-refractivity contribution is -0.123. The topological polar surface area (TPSA) is 50.7 Å². The highest BCUT2D eigenvalue weighted by atomic mass is 79.9. The van der Waals surface area contributed by atoms with Gasteiger partial charge in [-0.2, -0.15) is 5.10 Å². The van der Waals surface area contributed by atoms with Gasteiger partial charge in [0.1, 0.15) is 5.75 Å². The summed E-state index contributed by atoms with van der Waals surface area (Å²) in [5.41, 5.74) is 4.11. The number of hydrogen-bond donors (Lipinski definition) is 1. The molecule has 2 rings (SSSR count). The molecule has 0 aliphatic rings. The minimum Gasteiger partial charge on any atom is -0.484 e. The van der Waals surface area contributed by atoms with Gasteiger partial charge in [-0.05, 0) is 48.9 Å². The summed E-state index contributed by atoms with van der Waals surface area (Å²) in [6.45, 7) is 1.71. The van der Waals surface area contributed by atoms with E-state index >= 15 is 0 Å². The lowest BCUT2D eigenvalue weighted by atomic mass is 10.1. The van der Waals surface area contributed by atoms with Crippen LogP contribution in [0.25, 0.3) is 0 Å². The van der Waals surface area contributed by atoms with E-state index in [0.717, 1.165) is 10.0 Å². The molecule has 0 unspecified atom stereocenters. The molecule has 0 bridgehead atoms. The third kappa shape index (κ3) is 5.16. The Labute approximate surface area is 142 Å². The fourth-order valence-electron chi connectivity index (χ4n) is 1.61. The summed E-state index contributed by atoms with van der Waals surface area (Å²) in [7, 11) is 0. The number of carbonyl (C=O) groups is 1. The molecule has 0 aromatic heterocycles. The normalized spacial score (nSPS) is 11.1. The summed E-state index contributed by atoms with van der Waals surface area (Å²) in [5, 5.41) is 4.67. The van der Waals surface area contributed by atoms with E-state index in [1.165, 1.54) is 0 Å². The molecule has 0 aliphatic heterocycles. The number of nitrogens with one attached hydrogen (secondary N) is 1. The summed E-state index contributed by atoms with van der Waals surface area (Å²) in [4.78, 5) is 11.7. The van der Waals surface area contributed by atoms with Gasteiger partial charge in [0.15, 0.2) is 6.61 Å². The summed E-state index contributed by atoms with van der Waals surface area (Å²) < 4.78 is 6.32. The van der Waals surface area contributed by atoms with E-state index in [1.54, 1.807) is 24.3 Å². The van der Waals surface area contributed by atoms with Crippen LogP contribution in [-0.4, -0.2) is 18.2 Å². The van der Waals surface area contributed by atoms with Crippen molar-refractivity contribution >= 4 is 39.1 Å². The van der Waals surface area contributed by atoms with Gasteiger partial charge in [-0.1, -0.05) is 39.7 Å². The molecule has 114 valence electrons. The van der Waals surface area contributed by atoms with Crippen molar-refractivity contribution in [1.29, 1.82) is 0 Å². The van der Waals surface area contributed by atoms with Gasteiger partial charge >= 0.3 is 0 Å². The molecule has 1 N–H and O–H groups in total. The molecule has 0 atom stereocenters. The first kappa shape index (κ1) is 16.5. The fourth-order valence-corrected chi connectivity index (χ4v) is 2.00. The molecule has 0 heterocycles. The highest BCUT2D eigenvalue weighted by molar-refractivity contribution is 9.10. The molecule has 0 fully saturated rings. The van der Waals surface area contributed by atoms with Crippen LogP contribution in [0.4, 0.5) is 0 Å². The van der Waals surface area contributed by atoms with Crippen molar-refractivity contribution in [3.63, 3.8) is 0 Å². The molecule has 1 amide bonds. The van der Waals surface area contributed by atoms with Crippen molar-refractivity contribution in [2.75, 3.05) is 6.61 Å². The van der Waals surface area contributed by atoms with Gasteiger partial charge in [0.2, 0.25) is 0 Å². The minimum absolute atomic E-state index is 0.112. The maximum Gasteiger partial charge on any atom is 0.277 e. The Hall–Kier alpha value is -1.85. The Morgan fingerprint density at radius 3 is 2.45 bits per heavy atom. The molecule has 0 spiro atoms. The van der Waals surface area contributed by atoms with Gasteiger partial charge in [0.25, 0.3) is 5.91 Å². The Morgan fingerprint density at radius 1 is 1.18 bits per heavy atom. The van der Waals surface area contributed by atoms with Crippen molar-refractivity contribution in [3.05, 3.63) is 63.6 Å². The molecule has 2 aromatic rings. The van der Waals surface area contributed by atoms with Gasteiger partial charge in [0.05, 0.1) is 5.71 Å². The van der Waals surface area contributed by atoms with Gasteiger partial charge in [-0.25, -0.2) is 5.43 Å². The van der Waals surface area contributed by atoms with Crippen LogP contribution in [0, 0.1) is 0 Å². The first-order valence-corrected chi connectivity index (χ1v) is 7.69. The summed E-state index contributed by atoms with van der Waals surface area (Å²) in [5.74, 6) is 0.250. The van der Waals surface area contributed by atoms with Crippen LogP contribution < -0.4 is 10.2 Å². The Kier molecular flexibility index (Phi) is 5.98. The average Bonchev–Trinajstić information content (AvgIpc) is 2.52. The predicted octanol–water partition coefficient (Wildman–Crippen LogP) is 4.02. The maximum atomic E-state index is 11.7. The van der Waals surface area contributed by atoms with E-state index < -0.39 is 0 Å². The summed E-state index contributed by atoms with van der Waals surface area (Å²) >= 11 is 9.14. The Balaban J connectivity index is 1.85. The van der Waals surface area contributed by atoms with E-state index in [9.17, 15) is 4.79 Å². The SMILES string of the molecule is CC(=NNC(=O)COc1ccc(Cl)cc1)c1ccc(Br)cc1. The van der Waals surface area contributed by atoms with E-state index in [0.29, 0.717) is 16.5 Å². The number of benzene rings is 2. The minimum atomic E-state index is -0.327. The van der Waals surface area contributed by atoms with Crippen molar-refractivity contribution in [3.8, 4) is 5.75 Å². The van der Waals surface area contributed by atoms with E-state index in [2.05, 4.69) is 26.5 Å². The molecule has 0 aliphatic carbocycles. The number of rotatable bonds is 5. The van der Waals surface area contributed by atoms with Crippen molar-refractivity contribution < 1.29 is 9.53 Å². The van der Waals surface area contributed by atoms with E-state index in [-0.39, 0.29) is 12.5 Å². The van der Waals surface area contributed by atoms with Crippen molar-refractivity contribution in [2.24, 2.45) is 5.10 Å². The quantitative estimate of drug-likeness (QED) is 0.628. The molecule has 0 radical (unpaired) electrons. The molecule has 0 saturated heterocycles. The van der Waals surface area contributed by atoms with Gasteiger partial charge in [0, 0.05) is 9.50 Å². The molecular weight excluding hydrogens is 368 g/mol. The summed E-state index contributed by atoms with van der Waals surface area (Å²) in [6.07, 6.45) is 0. The number of hydrazone groups is 1. The first-order valence-electron chi connectivity index (χ1n) is 6.52. The number of hydrogen-bond acceptors (Lipinski definition) is 3. The van der Waals surface area contributed by atoms with Crippen LogP contribution in [0.3, 0.4) is 0 Å². The Morgan fingerprint density at radius 2 is 1.82 bits per heavy atom. The zero-order chi connectivity index (χ0) is 15.9. The highest BCUT2D eigenvalue weighted by Crippen LogP contribution is 2.15. The number of nitrogens with zero attached hydrogens (tertiary/aromatic N) is 1. The number of halogens is 2. The standard InChI is InChI=1S/C16H14BrClN2O2/c1-11(12-2-4-13(17)5-3-12)19-20-16(21)10-22-15-8-6-14(18)7-9-15/h2-9H,10H2,1H3,(H,20,21). The Bertz CT molecular complexity index is 670. The second-order valence-corrected chi connectivity index (χ2v) is 5.83. The van der Waals surface area contributed by atoms with Crippen LogP contribution in [-0.2, 0) is 4.79 Å². The number of amides is 1. The zero-order valence-electron chi connectivity index (χ0n) is 11.8. The smallest absolute Gasteiger partial charge is 0.277 e. The number of ether oxygens (including phenoxy) is 1. The van der Waals surface area contributed by atoms with E-state index in [4.69, 9.17) is 16.3 Å². The highest BCUT2D eigenvalue weighted by Gasteiger charge is 2.03. The molecule has 22 heavy (non-hydrogen) atoms. The molecule has 4 nitrogen and oxygen atoms in total. The van der Waals surface area contributed by atoms with Crippen LogP contribution in [0.1, 0.15) is 12.5 Å². The predicted molar refractivity (Wildman–Crippen MR) is 91.4 cm³/mol. The number of carbonyl (C=O) groups excluding carboxylic acids is 1. The molecular formula is C16H14BrClN2O2. The third-order valence-corrected chi connectivity index (χ3v) is 3.57. The maximum absolute atomic E-state index is 11.7. The lowest BCUT2D eigenvalue weighted by Gasteiger charge is -2.06.